The Labute approximate surface area is 171 Å². The Hall–Kier alpha value is -2.15. The minimum absolute atomic E-state index is 0.0102. The molecular formula is C22H31N3O4. The van der Waals surface area contributed by atoms with Crippen LogP contribution in [0.2, 0.25) is 0 Å². The minimum Gasteiger partial charge on any atom is -0.385 e. The molecular weight excluding hydrogens is 370 g/mol. The number of fused-ring (bicyclic) bond motifs is 4. The Morgan fingerprint density at radius 3 is 2.59 bits per heavy atom. The highest BCUT2D eigenvalue weighted by Crippen LogP contribution is 2.42. The number of carbonyl (C=O) groups is 2. The first-order chi connectivity index (χ1) is 14.0. The molecule has 29 heavy (non-hydrogen) atoms. The van der Waals surface area contributed by atoms with E-state index in [1.165, 1.54) is 0 Å². The molecule has 7 heteroatoms. The Morgan fingerprint density at radius 2 is 1.90 bits per heavy atom. The van der Waals surface area contributed by atoms with Crippen LogP contribution in [0, 0.1) is 11.8 Å². The molecule has 2 saturated heterocycles. The lowest BCUT2D eigenvalue weighted by atomic mass is 9.77. The van der Waals surface area contributed by atoms with E-state index in [9.17, 15) is 14.4 Å². The number of hydrogen-bond acceptors (Lipinski definition) is 4. The van der Waals surface area contributed by atoms with E-state index in [1.807, 2.05) is 15.9 Å². The van der Waals surface area contributed by atoms with Crippen molar-refractivity contribution in [2.24, 2.45) is 11.8 Å². The van der Waals surface area contributed by atoms with Crippen molar-refractivity contribution in [3.8, 4) is 0 Å². The van der Waals surface area contributed by atoms with Crippen molar-refractivity contribution in [1.82, 2.24) is 14.4 Å². The van der Waals surface area contributed by atoms with Gasteiger partial charge in [-0.15, -0.1) is 0 Å². The van der Waals surface area contributed by atoms with Gasteiger partial charge in [0, 0.05) is 70.4 Å². The van der Waals surface area contributed by atoms with Crippen molar-refractivity contribution in [3.63, 3.8) is 0 Å². The van der Waals surface area contributed by atoms with Crippen LogP contribution in [-0.4, -0.2) is 66.1 Å². The third-order valence-corrected chi connectivity index (χ3v) is 7.00. The molecule has 158 valence electrons. The predicted octanol–water partition coefficient (Wildman–Crippen LogP) is 1.63. The van der Waals surface area contributed by atoms with E-state index in [2.05, 4.69) is 0 Å². The summed E-state index contributed by atoms with van der Waals surface area (Å²) in [5.74, 6) is 0.780. The van der Waals surface area contributed by atoms with Gasteiger partial charge in [0.05, 0.1) is 0 Å². The summed E-state index contributed by atoms with van der Waals surface area (Å²) in [6.07, 6.45) is 3.84. The lowest BCUT2D eigenvalue weighted by Gasteiger charge is -2.47. The van der Waals surface area contributed by atoms with Gasteiger partial charge >= 0.3 is 0 Å². The molecule has 0 spiro atoms. The molecule has 0 radical (unpaired) electrons. The summed E-state index contributed by atoms with van der Waals surface area (Å²) in [7, 11) is 1.72. The molecule has 2 fully saturated rings. The van der Waals surface area contributed by atoms with Crippen molar-refractivity contribution in [3.05, 3.63) is 34.2 Å². The number of amides is 2. The summed E-state index contributed by atoms with van der Waals surface area (Å²) in [4.78, 5) is 42.2. The summed E-state index contributed by atoms with van der Waals surface area (Å²) in [6.45, 7) is 4.98. The summed E-state index contributed by atoms with van der Waals surface area (Å²) < 4.78 is 6.92. The van der Waals surface area contributed by atoms with Gasteiger partial charge in [-0.05, 0) is 37.7 Å². The number of aromatic nitrogens is 1. The first-order valence-electron chi connectivity index (χ1n) is 10.7. The zero-order valence-electron chi connectivity index (χ0n) is 17.4. The molecule has 3 aliphatic rings. The third-order valence-electron chi connectivity index (χ3n) is 7.00. The van der Waals surface area contributed by atoms with Crippen molar-refractivity contribution < 1.29 is 14.3 Å². The normalized spacial score (nSPS) is 26.9. The maximum absolute atomic E-state index is 13.6. The van der Waals surface area contributed by atoms with Crippen LogP contribution in [0.4, 0.5) is 0 Å². The quantitative estimate of drug-likeness (QED) is 0.769. The first-order valence-corrected chi connectivity index (χ1v) is 10.7. The molecule has 7 nitrogen and oxygen atoms in total. The van der Waals surface area contributed by atoms with E-state index in [0.29, 0.717) is 19.0 Å². The maximum Gasteiger partial charge on any atom is 0.251 e. The number of nitrogens with zero attached hydrogens (tertiary/aromatic N) is 3. The summed E-state index contributed by atoms with van der Waals surface area (Å²) >= 11 is 0. The average molecular weight is 402 g/mol. The molecule has 4 heterocycles. The fourth-order valence-corrected chi connectivity index (χ4v) is 5.42. The average Bonchev–Trinajstić information content (AvgIpc) is 2.73. The zero-order chi connectivity index (χ0) is 20.5. The molecule has 0 unspecified atom stereocenters. The van der Waals surface area contributed by atoms with Crippen LogP contribution in [-0.2, 0) is 14.3 Å². The second-order valence-electron chi connectivity index (χ2n) is 8.77. The lowest BCUT2D eigenvalue weighted by molar-refractivity contribution is -0.142. The van der Waals surface area contributed by atoms with Crippen molar-refractivity contribution in [2.45, 2.75) is 44.6 Å². The first kappa shape index (κ1) is 20.1. The largest absolute Gasteiger partial charge is 0.385 e. The van der Waals surface area contributed by atoms with Crippen LogP contribution in [0.15, 0.2) is 23.0 Å². The van der Waals surface area contributed by atoms with Crippen LogP contribution in [0.1, 0.15) is 50.3 Å². The zero-order valence-corrected chi connectivity index (χ0v) is 17.4. The van der Waals surface area contributed by atoms with Crippen molar-refractivity contribution in [1.29, 1.82) is 0 Å². The molecule has 3 atom stereocenters. The van der Waals surface area contributed by atoms with E-state index in [0.717, 1.165) is 51.1 Å². The number of hydrogen-bond donors (Lipinski definition) is 0. The highest BCUT2D eigenvalue weighted by molar-refractivity contribution is 5.82. The smallest absolute Gasteiger partial charge is 0.251 e. The van der Waals surface area contributed by atoms with Crippen LogP contribution in [0.3, 0.4) is 0 Å². The van der Waals surface area contributed by atoms with E-state index >= 15 is 0 Å². The van der Waals surface area contributed by atoms with Crippen LogP contribution < -0.4 is 5.56 Å². The van der Waals surface area contributed by atoms with Crippen molar-refractivity contribution in [2.75, 3.05) is 39.9 Å². The summed E-state index contributed by atoms with van der Waals surface area (Å²) in [5, 5.41) is 0. The summed E-state index contributed by atoms with van der Waals surface area (Å²) in [5.41, 5.74) is 0.787. The molecule has 1 aromatic rings. The maximum atomic E-state index is 13.6. The Kier molecular flexibility index (Phi) is 5.76. The number of ether oxygens (including phenoxy) is 1. The minimum atomic E-state index is -0.507. The van der Waals surface area contributed by atoms with Gasteiger partial charge in [0.25, 0.3) is 5.56 Å². The number of pyridine rings is 1. The summed E-state index contributed by atoms with van der Waals surface area (Å²) in [6, 6.07) is 4.75. The number of likely N-dealkylation sites (tertiary alicyclic amines) is 2. The van der Waals surface area contributed by atoms with E-state index in [4.69, 9.17) is 4.74 Å². The number of methoxy groups -OCH3 is 1. The van der Waals surface area contributed by atoms with Gasteiger partial charge in [-0.25, -0.2) is 0 Å². The highest BCUT2D eigenvalue weighted by Gasteiger charge is 2.45. The molecule has 0 N–H and O–H groups in total. The fraction of sp³-hybridized carbons (Fsp3) is 0.682. The molecule has 0 saturated carbocycles. The molecule has 2 amide bonds. The Balaban J connectivity index is 1.59. The van der Waals surface area contributed by atoms with Crippen LogP contribution in [0.5, 0.6) is 0 Å². The van der Waals surface area contributed by atoms with E-state index in [-0.39, 0.29) is 29.2 Å². The molecule has 3 aliphatic heterocycles. The third kappa shape index (κ3) is 3.84. The van der Waals surface area contributed by atoms with Gasteiger partial charge in [0.1, 0.15) is 6.04 Å². The lowest BCUT2D eigenvalue weighted by Crippen LogP contribution is -2.55. The standard InChI is InChI=1S/C22H31N3O4/c1-15(26)24-13-17-12-18(14-24)21(25-19(17)4-3-5-20(25)27)22(28)23-9-6-16(7-10-23)8-11-29-2/h3-5,16-18,21H,6-14H2,1-2H3/t17-,18+,21-/m1/s1. The molecule has 4 rings (SSSR count). The predicted molar refractivity (Wildman–Crippen MR) is 109 cm³/mol. The number of rotatable bonds is 4. The number of piperidine rings is 2. The molecule has 1 aromatic heterocycles. The second kappa shape index (κ2) is 8.30. The molecule has 0 aliphatic carbocycles. The number of carbonyl (C=O) groups excluding carboxylic acids is 2. The van der Waals surface area contributed by atoms with Crippen molar-refractivity contribution >= 4 is 11.8 Å². The van der Waals surface area contributed by atoms with Crippen LogP contribution in [0.25, 0.3) is 0 Å². The van der Waals surface area contributed by atoms with Gasteiger partial charge in [0.15, 0.2) is 0 Å². The Bertz CT molecular complexity index is 828. The van der Waals surface area contributed by atoms with Gasteiger partial charge in [-0.1, -0.05) is 6.07 Å². The monoisotopic (exact) mass is 401 g/mol. The van der Waals surface area contributed by atoms with Gasteiger partial charge in [-0.3, -0.25) is 19.0 Å². The van der Waals surface area contributed by atoms with Crippen LogP contribution >= 0.6 is 0 Å². The second-order valence-corrected chi connectivity index (χ2v) is 8.77. The highest BCUT2D eigenvalue weighted by atomic mass is 16.5. The molecule has 2 bridgehead atoms. The molecule has 0 aromatic carbocycles. The SMILES string of the molecule is COCCC1CCN(C(=O)[C@H]2[C@H]3C[C@H](CN(C(C)=O)C3)c3cccc(=O)n32)CC1. The van der Waals surface area contributed by atoms with Gasteiger partial charge < -0.3 is 14.5 Å². The van der Waals surface area contributed by atoms with E-state index < -0.39 is 6.04 Å². The Morgan fingerprint density at radius 1 is 1.14 bits per heavy atom. The fourth-order valence-electron chi connectivity index (χ4n) is 5.42. The topological polar surface area (TPSA) is 71.8 Å². The van der Waals surface area contributed by atoms with Gasteiger partial charge in [-0.2, -0.15) is 0 Å². The van der Waals surface area contributed by atoms with E-state index in [1.54, 1.807) is 30.7 Å². The van der Waals surface area contributed by atoms with Gasteiger partial charge in [0.2, 0.25) is 11.8 Å².